The molecule has 0 aromatic heterocycles. The molecule has 0 fully saturated rings. The highest BCUT2D eigenvalue weighted by Crippen LogP contribution is 2.31. The smallest absolute Gasteiger partial charge is 0.387 e. The predicted octanol–water partition coefficient (Wildman–Crippen LogP) is 1.64. The van der Waals surface area contributed by atoms with Gasteiger partial charge in [0.1, 0.15) is 6.04 Å². The molecule has 0 radical (unpaired) electrons. The minimum Gasteiger partial charge on any atom is -0.493 e. The van der Waals surface area contributed by atoms with Gasteiger partial charge in [-0.2, -0.15) is 8.78 Å². The van der Waals surface area contributed by atoms with Gasteiger partial charge in [0.2, 0.25) is 0 Å². The highest BCUT2D eigenvalue weighted by molar-refractivity contribution is 5.75. The van der Waals surface area contributed by atoms with Crippen LogP contribution in [-0.4, -0.2) is 31.8 Å². The van der Waals surface area contributed by atoms with Crippen LogP contribution in [0, 0.1) is 0 Å². The van der Waals surface area contributed by atoms with Gasteiger partial charge >= 0.3 is 12.6 Å². The van der Waals surface area contributed by atoms with E-state index in [0.717, 1.165) is 0 Å². The largest absolute Gasteiger partial charge is 0.493 e. The maximum Gasteiger partial charge on any atom is 0.387 e. The van der Waals surface area contributed by atoms with Crippen LogP contribution in [0.25, 0.3) is 0 Å². The molecular weight excluding hydrogens is 248 g/mol. The van der Waals surface area contributed by atoms with Crippen molar-refractivity contribution < 1.29 is 28.2 Å². The van der Waals surface area contributed by atoms with E-state index in [9.17, 15) is 13.6 Å². The van der Waals surface area contributed by atoms with Crippen molar-refractivity contribution in [1.29, 1.82) is 0 Å². The summed E-state index contributed by atoms with van der Waals surface area (Å²) in [5.74, 6) is -1.21. The molecule has 5 nitrogen and oxygen atoms in total. The van der Waals surface area contributed by atoms with Gasteiger partial charge < -0.3 is 19.9 Å². The van der Waals surface area contributed by atoms with Gasteiger partial charge in [-0.05, 0) is 24.7 Å². The summed E-state index contributed by atoms with van der Waals surface area (Å²) >= 11 is 0. The normalized spacial score (nSPS) is 12.3. The first-order valence-electron chi connectivity index (χ1n) is 5.02. The van der Waals surface area contributed by atoms with Crippen molar-refractivity contribution in [3.05, 3.63) is 23.8 Å². The molecule has 1 unspecified atom stereocenters. The number of ether oxygens (including phenoxy) is 2. The first kappa shape index (κ1) is 14.2. The molecule has 1 aromatic rings. The van der Waals surface area contributed by atoms with E-state index in [2.05, 4.69) is 10.1 Å². The lowest BCUT2D eigenvalue weighted by atomic mass is 10.1. The van der Waals surface area contributed by atoms with Crippen LogP contribution < -0.4 is 14.8 Å². The summed E-state index contributed by atoms with van der Waals surface area (Å²) in [5, 5.41) is 11.5. The van der Waals surface area contributed by atoms with Crippen LogP contribution >= 0.6 is 0 Å². The van der Waals surface area contributed by atoms with E-state index in [1.807, 2.05) is 0 Å². The molecule has 0 spiro atoms. The Kier molecular flexibility index (Phi) is 4.85. The third-order valence-corrected chi connectivity index (χ3v) is 2.27. The van der Waals surface area contributed by atoms with E-state index in [4.69, 9.17) is 9.84 Å². The van der Waals surface area contributed by atoms with Crippen molar-refractivity contribution in [1.82, 2.24) is 5.32 Å². The van der Waals surface area contributed by atoms with Crippen LogP contribution in [0.15, 0.2) is 18.2 Å². The quantitative estimate of drug-likeness (QED) is 0.814. The first-order valence-corrected chi connectivity index (χ1v) is 5.02. The molecule has 18 heavy (non-hydrogen) atoms. The van der Waals surface area contributed by atoms with Crippen LogP contribution in [0.5, 0.6) is 11.5 Å². The van der Waals surface area contributed by atoms with E-state index in [1.54, 1.807) is 0 Å². The van der Waals surface area contributed by atoms with E-state index in [-0.39, 0.29) is 11.5 Å². The van der Waals surface area contributed by atoms with E-state index >= 15 is 0 Å². The van der Waals surface area contributed by atoms with Gasteiger partial charge in [-0.25, -0.2) is 0 Å². The van der Waals surface area contributed by atoms with E-state index in [0.29, 0.717) is 5.56 Å². The number of carboxylic acid groups (broad SMARTS) is 1. The maximum atomic E-state index is 12.2. The fourth-order valence-corrected chi connectivity index (χ4v) is 1.49. The number of benzene rings is 1. The molecule has 2 N–H and O–H groups in total. The lowest BCUT2D eigenvalue weighted by Crippen LogP contribution is -2.25. The highest BCUT2D eigenvalue weighted by atomic mass is 19.3. The Morgan fingerprint density at radius 1 is 1.39 bits per heavy atom. The third kappa shape index (κ3) is 3.30. The number of likely N-dealkylation sites (N-methyl/N-ethyl adjacent to an activating group) is 1. The van der Waals surface area contributed by atoms with Gasteiger partial charge in [0.15, 0.2) is 11.5 Å². The zero-order valence-electron chi connectivity index (χ0n) is 9.81. The summed E-state index contributed by atoms with van der Waals surface area (Å²) in [6.45, 7) is -3.01. The number of alkyl halides is 2. The molecule has 0 aliphatic heterocycles. The Morgan fingerprint density at radius 2 is 2.06 bits per heavy atom. The van der Waals surface area contributed by atoms with Gasteiger partial charge in [0.25, 0.3) is 0 Å². The predicted molar refractivity (Wildman–Crippen MR) is 59.1 cm³/mol. The molecule has 7 heteroatoms. The second-order valence-electron chi connectivity index (χ2n) is 3.35. The average molecular weight is 261 g/mol. The van der Waals surface area contributed by atoms with Crippen LogP contribution in [0.2, 0.25) is 0 Å². The van der Waals surface area contributed by atoms with Crippen LogP contribution in [0.1, 0.15) is 11.6 Å². The number of aliphatic carboxylic acids is 1. The summed E-state index contributed by atoms with van der Waals surface area (Å²) < 4.78 is 33.5. The van der Waals surface area contributed by atoms with Gasteiger partial charge in [-0.3, -0.25) is 4.79 Å². The number of halogens is 2. The fraction of sp³-hybridized carbons (Fsp3) is 0.364. The lowest BCUT2D eigenvalue weighted by molar-refractivity contribution is -0.139. The minimum atomic E-state index is -3.01. The topological polar surface area (TPSA) is 67.8 Å². The lowest BCUT2D eigenvalue weighted by Gasteiger charge is -2.15. The van der Waals surface area contributed by atoms with Crippen molar-refractivity contribution in [3.63, 3.8) is 0 Å². The van der Waals surface area contributed by atoms with Gasteiger partial charge in [-0.15, -0.1) is 0 Å². The third-order valence-electron chi connectivity index (χ3n) is 2.27. The van der Waals surface area contributed by atoms with Crippen LogP contribution in [-0.2, 0) is 4.79 Å². The molecular formula is C11H13F2NO4. The van der Waals surface area contributed by atoms with Crippen molar-refractivity contribution in [2.75, 3.05) is 14.2 Å². The molecule has 0 aliphatic rings. The van der Waals surface area contributed by atoms with Gasteiger partial charge in [-0.1, -0.05) is 6.07 Å². The number of carbonyl (C=O) groups is 1. The molecule has 1 rings (SSSR count). The number of methoxy groups -OCH3 is 1. The van der Waals surface area contributed by atoms with E-state index in [1.165, 1.54) is 32.4 Å². The van der Waals surface area contributed by atoms with Crippen LogP contribution in [0.4, 0.5) is 8.78 Å². The first-order chi connectivity index (χ1) is 8.49. The summed E-state index contributed by atoms with van der Waals surface area (Å²) in [4.78, 5) is 10.9. The SMILES string of the molecule is CNC(C(=O)O)c1ccc(OC)c(OC(F)F)c1. The van der Waals surface area contributed by atoms with Crippen LogP contribution in [0.3, 0.4) is 0 Å². The zero-order valence-corrected chi connectivity index (χ0v) is 9.81. The summed E-state index contributed by atoms with van der Waals surface area (Å²) in [6, 6.07) is 3.04. The van der Waals surface area contributed by atoms with Gasteiger partial charge in [0.05, 0.1) is 7.11 Å². The second kappa shape index (κ2) is 6.15. The summed E-state index contributed by atoms with van der Waals surface area (Å²) in [5.41, 5.74) is 0.293. The standard InChI is InChI=1S/C11H13F2NO4/c1-14-9(10(15)16)6-3-4-7(17-2)8(5-6)18-11(12)13/h3-5,9,11,14H,1-2H3,(H,15,16). The Morgan fingerprint density at radius 3 is 2.50 bits per heavy atom. The second-order valence-corrected chi connectivity index (χ2v) is 3.35. The van der Waals surface area contributed by atoms with Gasteiger partial charge in [0, 0.05) is 0 Å². The number of hydrogen-bond donors (Lipinski definition) is 2. The number of rotatable bonds is 6. The molecule has 0 saturated heterocycles. The molecule has 1 atom stereocenters. The Bertz CT molecular complexity index is 426. The molecule has 0 amide bonds. The number of hydrogen-bond acceptors (Lipinski definition) is 4. The molecule has 0 bridgehead atoms. The molecule has 0 aliphatic carbocycles. The Balaban J connectivity index is 3.12. The summed E-state index contributed by atoms with van der Waals surface area (Å²) in [6.07, 6.45) is 0. The average Bonchev–Trinajstić information content (AvgIpc) is 2.29. The maximum absolute atomic E-state index is 12.2. The van der Waals surface area contributed by atoms with Crippen molar-refractivity contribution in [3.8, 4) is 11.5 Å². The Labute approximate surface area is 102 Å². The fourth-order valence-electron chi connectivity index (χ4n) is 1.49. The van der Waals surface area contributed by atoms with Crippen molar-refractivity contribution in [2.24, 2.45) is 0 Å². The van der Waals surface area contributed by atoms with Crippen molar-refractivity contribution >= 4 is 5.97 Å². The summed E-state index contributed by atoms with van der Waals surface area (Å²) in [7, 11) is 2.76. The molecule has 0 saturated carbocycles. The number of carboxylic acids is 1. The monoisotopic (exact) mass is 261 g/mol. The highest BCUT2D eigenvalue weighted by Gasteiger charge is 2.20. The van der Waals surface area contributed by atoms with E-state index < -0.39 is 18.6 Å². The number of nitrogens with one attached hydrogen (secondary N) is 1. The minimum absolute atomic E-state index is 0.110. The molecule has 0 heterocycles. The molecule has 1 aromatic carbocycles. The molecule has 100 valence electrons. The van der Waals surface area contributed by atoms with Crippen molar-refractivity contribution in [2.45, 2.75) is 12.7 Å². The zero-order chi connectivity index (χ0) is 13.7. The Hall–Kier alpha value is -1.89.